The van der Waals surface area contributed by atoms with Crippen LogP contribution in [0.2, 0.25) is 0 Å². The molecule has 1 heterocycles. The summed E-state index contributed by atoms with van der Waals surface area (Å²) in [4.78, 5) is 0. The summed E-state index contributed by atoms with van der Waals surface area (Å²) in [5.74, 6) is 0. The fourth-order valence-electron chi connectivity index (χ4n) is 1.76. The van der Waals surface area contributed by atoms with Crippen LogP contribution in [-0.4, -0.2) is 6.18 Å². The molecule has 1 aromatic carbocycles. The van der Waals surface area contributed by atoms with Gasteiger partial charge in [-0.15, -0.1) is 0 Å². The van der Waals surface area contributed by atoms with E-state index in [1.54, 1.807) is 12.1 Å². The van der Waals surface area contributed by atoms with E-state index in [2.05, 4.69) is 26.2 Å². The smallest absolute Gasteiger partial charge is 0.168 e. The quantitative estimate of drug-likeness (QED) is 0.691. The molecule has 0 aromatic heterocycles. The van der Waals surface area contributed by atoms with Crippen molar-refractivity contribution in [2.75, 3.05) is 0 Å². The van der Waals surface area contributed by atoms with Gasteiger partial charge in [0.1, 0.15) is 0 Å². The van der Waals surface area contributed by atoms with Crippen molar-refractivity contribution in [3.8, 4) is 0 Å². The molecule has 1 aliphatic rings. The third kappa shape index (κ3) is 2.63. The molecule has 2 rings (SSSR count). The Morgan fingerprint density at radius 3 is 2.37 bits per heavy atom. The van der Waals surface area contributed by atoms with Crippen LogP contribution in [-0.2, 0) is 10.9 Å². The van der Waals surface area contributed by atoms with E-state index in [9.17, 15) is 13.2 Å². The molecule has 0 spiro atoms. The highest BCUT2D eigenvalue weighted by molar-refractivity contribution is 9.08. The molecule has 0 saturated heterocycles. The Labute approximate surface area is 116 Å². The van der Waals surface area contributed by atoms with Gasteiger partial charge in [0.2, 0.25) is 5.54 Å². The molecule has 6 heteroatoms. The fourth-order valence-corrected chi connectivity index (χ4v) is 2.13. The maximum atomic E-state index is 13.4. The summed E-state index contributed by atoms with van der Waals surface area (Å²) in [5.41, 5.74) is -1.47. The van der Waals surface area contributed by atoms with Crippen molar-refractivity contribution >= 4 is 15.9 Å². The monoisotopic (exact) mass is 330 g/mol. The Kier molecular flexibility index (Phi) is 3.89. The van der Waals surface area contributed by atoms with Gasteiger partial charge >= 0.3 is 6.18 Å². The molecule has 1 atom stereocenters. The lowest BCUT2D eigenvalue weighted by Gasteiger charge is -2.28. The predicted octanol–water partition coefficient (Wildman–Crippen LogP) is 4.87. The minimum atomic E-state index is -4.55. The number of nitrogens with zero attached hydrogens (tertiary/aromatic N) is 2. The van der Waals surface area contributed by atoms with Gasteiger partial charge < -0.3 is 0 Å². The first-order chi connectivity index (χ1) is 8.99. The minimum Gasteiger partial charge on any atom is -0.168 e. The number of halogens is 4. The van der Waals surface area contributed by atoms with Crippen molar-refractivity contribution < 1.29 is 13.2 Å². The normalized spacial score (nSPS) is 22.5. The predicted molar refractivity (Wildman–Crippen MR) is 69.9 cm³/mol. The van der Waals surface area contributed by atoms with Gasteiger partial charge in [0.15, 0.2) is 0 Å². The van der Waals surface area contributed by atoms with Gasteiger partial charge in [-0.2, -0.15) is 23.4 Å². The van der Waals surface area contributed by atoms with Crippen LogP contribution in [0.4, 0.5) is 13.2 Å². The van der Waals surface area contributed by atoms with E-state index in [0.29, 0.717) is 5.33 Å². The average molecular weight is 331 g/mol. The lowest BCUT2D eigenvalue weighted by atomic mass is 9.89. The maximum Gasteiger partial charge on any atom is 0.423 e. The van der Waals surface area contributed by atoms with Crippen LogP contribution < -0.4 is 0 Å². The molecule has 2 nitrogen and oxygen atoms in total. The first-order valence-corrected chi connectivity index (χ1v) is 6.60. The molecular weight excluding hydrogens is 321 g/mol. The summed E-state index contributed by atoms with van der Waals surface area (Å²) in [6, 6.07) is 6.13. The summed E-state index contributed by atoms with van der Waals surface area (Å²) in [5, 5.41) is 7.52. The van der Waals surface area contributed by atoms with E-state index in [4.69, 9.17) is 0 Å². The minimum absolute atomic E-state index is 0.0494. The van der Waals surface area contributed by atoms with Gasteiger partial charge in [-0.05, 0) is 23.3 Å². The molecule has 0 saturated carbocycles. The lowest BCUT2D eigenvalue weighted by Crippen LogP contribution is -2.38. The van der Waals surface area contributed by atoms with Gasteiger partial charge in [0, 0.05) is 11.5 Å². The molecule has 0 aliphatic carbocycles. The van der Waals surface area contributed by atoms with E-state index in [-0.39, 0.29) is 5.56 Å². The van der Waals surface area contributed by atoms with E-state index in [1.165, 1.54) is 30.5 Å². The van der Waals surface area contributed by atoms with Crippen molar-refractivity contribution in [3.05, 3.63) is 59.8 Å². The molecule has 0 N–H and O–H groups in total. The second kappa shape index (κ2) is 5.28. The number of hydrogen-bond acceptors (Lipinski definition) is 2. The topological polar surface area (TPSA) is 24.7 Å². The molecule has 0 radical (unpaired) electrons. The number of azo groups is 1. The third-order valence-electron chi connectivity index (χ3n) is 2.80. The zero-order chi connectivity index (χ0) is 13.9. The van der Waals surface area contributed by atoms with Crippen LogP contribution in [0.15, 0.2) is 58.9 Å². The van der Waals surface area contributed by atoms with Crippen LogP contribution in [0.25, 0.3) is 0 Å². The zero-order valence-electron chi connectivity index (χ0n) is 9.73. The highest BCUT2D eigenvalue weighted by Gasteiger charge is 2.55. The Bertz CT molecular complexity index is 514. The highest BCUT2D eigenvalue weighted by Crippen LogP contribution is 2.44. The fraction of sp³-hybridized carbons (Fsp3) is 0.231. The largest absolute Gasteiger partial charge is 0.423 e. The van der Waals surface area contributed by atoms with E-state index >= 15 is 0 Å². The summed E-state index contributed by atoms with van der Waals surface area (Å²) in [6.07, 6.45) is 0.435. The van der Waals surface area contributed by atoms with E-state index in [0.717, 1.165) is 11.6 Å². The lowest BCUT2D eigenvalue weighted by molar-refractivity contribution is -0.175. The van der Waals surface area contributed by atoms with Crippen LogP contribution in [0.3, 0.4) is 0 Å². The highest BCUT2D eigenvalue weighted by atomic mass is 79.9. The van der Waals surface area contributed by atoms with Gasteiger partial charge in [0.25, 0.3) is 0 Å². The summed E-state index contributed by atoms with van der Waals surface area (Å²) in [7, 11) is 0. The van der Waals surface area contributed by atoms with E-state index in [1.807, 2.05) is 0 Å². The number of hydrogen-bond donors (Lipinski definition) is 0. The van der Waals surface area contributed by atoms with Crippen LogP contribution in [0.5, 0.6) is 0 Å². The second-order valence-electron chi connectivity index (χ2n) is 4.01. The van der Waals surface area contributed by atoms with Crippen molar-refractivity contribution in [1.82, 2.24) is 0 Å². The number of rotatable bonds is 2. The van der Waals surface area contributed by atoms with Crippen LogP contribution >= 0.6 is 15.9 Å². The molecule has 0 amide bonds. The van der Waals surface area contributed by atoms with Crippen LogP contribution in [0, 0.1) is 0 Å². The van der Waals surface area contributed by atoms with E-state index < -0.39 is 11.7 Å². The molecule has 19 heavy (non-hydrogen) atoms. The molecule has 0 fully saturated rings. The molecule has 100 valence electrons. The number of benzene rings is 1. The van der Waals surface area contributed by atoms with Crippen molar-refractivity contribution in [1.29, 1.82) is 0 Å². The Morgan fingerprint density at radius 2 is 1.79 bits per heavy atom. The summed E-state index contributed by atoms with van der Waals surface area (Å²) >= 11 is 3.26. The van der Waals surface area contributed by atoms with Crippen molar-refractivity contribution in [2.24, 2.45) is 10.2 Å². The summed E-state index contributed by atoms with van der Waals surface area (Å²) < 4.78 is 40.2. The van der Waals surface area contributed by atoms with Gasteiger partial charge in [-0.3, -0.25) is 0 Å². The molecule has 0 bridgehead atoms. The van der Waals surface area contributed by atoms with Crippen LogP contribution in [0.1, 0.15) is 11.1 Å². The number of alkyl halides is 4. The van der Waals surface area contributed by atoms with Crippen molar-refractivity contribution in [2.45, 2.75) is 17.0 Å². The number of allylic oxidation sites excluding steroid dienone is 2. The average Bonchev–Trinajstić information content (AvgIpc) is 2.65. The zero-order valence-corrected chi connectivity index (χ0v) is 11.3. The first kappa shape index (κ1) is 14.0. The van der Waals surface area contributed by atoms with Gasteiger partial charge in [-0.25, -0.2) is 0 Å². The maximum absolute atomic E-state index is 13.4. The Balaban J connectivity index is 2.55. The summed E-state index contributed by atoms with van der Waals surface area (Å²) in [6.45, 7) is 0. The third-order valence-corrected chi connectivity index (χ3v) is 3.44. The Morgan fingerprint density at radius 1 is 1.11 bits per heavy atom. The SMILES string of the molecule is FC(F)(F)C1(c2ccc(CBr)cc2)C=CC=CN=N1. The molecule has 1 unspecified atom stereocenters. The molecule has 1 aromatic rings. The van der Waals surface area contributed by atoms with Gasteiger partial charge in [-0.1, -0.05) is 46.3 Å². The van der Waals surface area contributed by atoms with Crippen molar-refractivity contribution in [3.63, 3.8) is 0 Å². The standard InChI is InChI=1S/C13H10BrF3N2/c14-9-10-3-5-11(6-4-10)12(13(15,16)17)7-1-2-8-18-19-12/h1-8H,9H2. The Hall–Kier alpha value is -1.43. The molecular formula is C13H10BrF3N2. The van der Waals surface area contributed by atoms with Gasteiger partial charge in [0.05, 0.1) is 0 Å². The molecule has 1 aliphatic heterocycles. The second-order valence-corrected chi connectivity index (χ2v) is 4.57. The first-order valence-electron chi connectivity index (χ1n) is 5.48.